The number of para-hydroxylation sites is 1. The molecule has 150 valence electrons. The van der Waals surface area contributed by atoms with E-state index in [0.29, 0.717) is 0 Å². The molecule has 0 spiro atoms. The topological polar surface area (TPSA) is 30.0 Å². The largest absolute Gasteiger partial charge is 0.395 e. The average molecular weight is 402 g/mol. The van der Waals surface area contributed by atoms with Gasteiger partial charge in [-0.25, -0.2) is 4.39 Å². The lowest BCUT2D eigenvalue weighted by molar-refractivity contribution is 0.112. The molecule has 2 aliphatic rings. The third-order valence-corrected chi connectivity index (χ3v) is 6.71. The van der Waals surface area contributed by atoms with Gasteiger partial charge in [-0.3, -0.25) is 4.90 Å². The van der Waals surface area contributed by atoms with E-state index in [0.717, 1.165) is 63.5 Å². The highest BCUT2D eigenvalue weighted by Gasteiger charge is 2.24. The van der Waals surface area contributed by atoms with Crippen molar-refractivity contribution in [2.45, 2.75) is 22.9 Å². The highest BCUT2D eigenvalue weighted by atomic mass is 32.2. The molecule has 2 aromatic rings. The van der Waals surface area contributed by atoms with Crippen molar-refractivity contribution in [3.63, 3.8) is 0 Å². The molecule has 0 atom stereocenters. The fourth-order valence-electron chi connectivity index (χ4n) is 4.03. The zero-order valence-corrected chi connectivity index (χ0v) is 17.0. The number of anilines is 2. The van der Waals surface area contributed by atoms with E-state index in [9.17, 15) is 4.39 Å². The monoisotopic (exact) mass is 401 g/mol. The number of aliphatic hydroxyl groups excluding tert-OH is 1. The molecule has 0 aromatic heterocycles. The van der Waals surface area contributed by atoms with E-state index in [1.807, 2.05) is 12.1 Å². The Morgan fingerprint density at radius 1 is 0.857 bits per heavy atom. The van der Waals surface area contributed by atoms with Crippen LogP contribution in [0.1, 0.15) is 12.0 Å². The van der Waals surface area contributed by atoms with Gasteiger partial charge in [0.05, 0.1) is 18.0 Å². The normalized spacial score (nSPS) is 17.4. The summed E-state index contributed by atoms with van der Waals surface area (Å²) in [7, 11) is 0. The van der Waals surface area contributed by atoms with E-state index < -0.39 is 6.67 Å². The molecule has 0 bridgehead atoms. The number of halogens is 1. The Kier molecular flexibility index (Phi) is 6.52. The van der Waals surface area contributed by atoms with Crippen molar-refractivity contribution < 1.29 is 9.50 Å². The molecule has 1 N–H and O–H groups in total. The van der Waals surface area contributed by atoms with E-state index in [1.54, 1.807) is 11.8 Å². The Labute approximate surface area is 170 Å². The predicted octanol–water partition coefficient (Wildman–Crippen LogP) is 3.76. The van der Waals surface area contributed by atoms with E-state index in [4.69, 9.17) is 5.11 Å². The highest BCUT2D eigenvalue weighted by Crippen LogP contribution is 2.48. The van der Waals surface area contributed by atoms with E-state index in [2.05, 4.69) is 45.0 Å². The Morgan fingerprint density at radius 3 is 2.32 bits per heavy atom. The molecule has 1 saturated heterocycles. The van der Waals surface area contributed by atoms with E-state index in [-0.39, 0.29) is 6.61 Å². The summed E-state index contributed by atoms with van der Waals surface area (Å²) in [5.41, 5.74) is 3.10. The molecular formula is C22H28FN3OS. The summed E-state index contributed by atoms with van der Waals surface area (Å²) >= 11 is 1.77. The number of aliphatic hydroxyl groups is 1. The maximum atomic E-state index is 13.2. The first kappa shape index (κ1) is 19.7. The van der Waals surface area contributed by atoms with Gasteiger partial charge in [-0.1, -0.05) is 30.0 Å². The number of piperazine rings is 1. The van der Waals surface area contributed by atoms with Crippen LogP contribution in [0.25, 0.3) is 0 Å². The number of rotatable bonds is 7. The van der Waals surface area contributed by atoms with Crippen LogP contribution < -0.4 is 4.90 Å². The summed E-state index contributed by atoms with van der Waals surface area (Å²) in [6, 6.07) is 14.4. The lowest BCUT2D eigenvalue weighted by atomic mass is 10.1. The smallest absolute Gasteiger partial charge is 0.115 e. The molecule has 0 unspecified atom stereocenters. The zero-order valence-electron chi connectivity index (χ0n) is 16.2. The van der Waals surface area contributed by atoms with E-state index >= 15 is 0 Å². The van der Waals surface area contributed by atoms with Crippen molar-refractivity contribution in [2.24, 2.45) is 0 Å². The van der Waals surface area contributed by atoms with Crippen LogP contribution in [0.3, 0.4) is 0 Å². The molecule has 4 nitrogen and oxygen atoms in total. The molecular weight excluding hydrogens is 373 g/mol. The zero-order chi connectivity index (χ0) is 19.3. The molecule has 28 heavy (non-hydrogen) atoms. The second kappa shape index (κ2) is 9.27. The molecule has 0 radical (unpaired) electrons. The van der Waals surface area contributed by atoms with Crippen molar-refractivity contribution in [3.05, 3.63) is 48.0 Å². The molecule has 1 fully saturated rings. The van der Waals surface area contributed by atoms with Gasteiger partial charge in [0.15, 0.2) is 0 Å². The van der Waals surface area contributed by atoms with Crippen LogP contribution in [0, 0.1) is 0 Å². The van der Waals surface area contributed by atoms with Crippen LogP contribution >= 0.6 is 11.8 Å². The van der Waals surface area contributed by atoms with Crippen molar-refractivity contribution in [2.75, 3.05) is 57.3 Å². The summed E-state index contributed by atoms with van der Waals surface area (Å²) in [5.74, 6) is 0. The number of β-amino-alcohol motifs (C(OH)–C–C–N with tert-alkyl or cyclic N) is 1. The minimum absolute atomic E-state index is 0.243. The fourth-order valence-corrected chi connectivity index (χ4v) is 5.11. The number of benzene rings is 2. The van der Waals surface area contributed by atoms with Crippen LogP contribution in [-0.2, 0) is 6.67 Å². The molecule has 2 aliphatic heterocycles. The first-order valence-corrected chi connectivity index (χ1v) is 10.9. The molecule has 2 aromatic carbocycles. The maximum Gasteiger partial charge on any atom is 0.115 e. The Bertz CT molecular complexity index is 795. The van der Waals surface area contributed by atoms with Gasteiger partial charge in [0.1, 0.15) is 6.67 Å². The number of nitrogens with zero attached hydrogens (tertiary/aromatic N) is 3. The van der Waals surface area contributed by atoms with Gasteiger partial charge >= 0.3 is 0 Å². The third-order valence-electron chi connectivity index (χ3n) is 5.58. The van der Waals surface area contributed by atoms with Gasteiger partial charge in [0.2, 0.25) is 0 Å². The molecule has 0 saturated carbocycles. The SMILES string of the molecule is OCCN1CCN(CCCN2c3ccccc3Sc3ccc(CF)cc32)CC1. The Morgan fingerprint density at radius 2 is 1.57 bits per heavy atom. The van der Waals surface area contributed by atoms with Crippen molar-refractivity contribution >= 4 is 23.1 Å². The van der Waals surface area contributed by atoms with Crippen LogP contribution in [0.15, 0.2) is 52.3 Å². The minimum atomic E-state index is -0.425. The quantitative estimate of drug-likeness (QED) is 0.763. The third kappa shape index (κ3) is 4.35. The molecule has 2 heterocycles. The highest BCUT2D eigenvalue weighted by molar-refractivity contribution is 7.99. The summed E-state index contributed by atoms with van der Waals surface area (Å²) in [6.45, 7) is 6.79. The van der Waals surface area contributed by atoms with Crippen LogP contribution in [0.4, 0.5) is 15.8 Å². The van der Waals surface area contributed by atoms with Gasteiger partial charge in [0, 0.05) is 49.1 Å². The maximum absolute atomic E-state index is 13.2. The number of hydrogen-bond donors (Lipinski definition) is 1. The van der Waals surface area contributed by atoms with Crippen LogP contribution in [0.5, 0.6) is 0 Å². The Hall–Kier alpha value is -1.60. The fraction of sp³-hybridized carbons (Fsp3) is 0.455. The number of hydrogen-bond acceptors (Lipinski definition) is 5. The lowest BCUT2D eigenvalue weighted by Gasteiger charge is -2.36. The lowest BCUT2D eigenvalue weighted by Crippen LogP contribution is -2.47. The Balaban J connectivity index is 1.43. The molecule has 6 heteroatoms. The van der Waals surface area contributed by atoms with Gasteiger partial charge in [-0.15, -0.1) is 0 Å². The standard InChI is InChI=1S/C22H28FN3OS/c23-17-18-6-7-22-20(16-18)26(19-4-1-2-5-21(19)28-22)9-3-8-24-10-12-25(13-11-24)14-15-27/h1-2,4-7,16,27H,3,8-15,17H2. The van der Waals surface area contributed by atoms with Gasteiger partial charge < -0.3 is 14.9 Å². The first-order chi connectivity index (χ1) is 13.8. The first-order valence-electron chi connectivity index (χ1n) is 10.1. The average Bonchev–Trinajstić information content (AvgIpc) is 2.74. The summed E-state index contributed by atoms with van der Waals surface area (Å²) in [5, 5.41) is 9.08. The molecule has 0 aliphatic carbocycles. The molecule has 4 rings (SSSR count). The predicted molar refractivity (Wildman–Crippen MR) is 113 cm³/mol. The van der Waals surface area contributed by atoms with Gasteiger partial charge in [-0.2, -0.15) is 0 Å². The van der Waals surface area contributed by atoms with Gasteiger partial charge in [-0.05, 0) is 42.8 Å². The summed E-state index contributed by atoms with van der Waals surface area (Å²) in [4.78, 5) is 9.66. The number of fused-ring (bicyclic) bond motifs is 2. The van der Waals surface area contributed by atoms with Crippen LogP contribution in [0.2, 0.25) is 0 Å². The number of alkyl halides is 1. The molecule has 0 amide bonds. The van der Waals surface area contributed by atoms with Crippen molar-refractivity contribution in [1.82, 2.24) is 9.80 Å². The van der Waals surface area contributed by atoms with Crippen molar-refractivity contribution in [1.29, 1.82) is 0 Å². The summed E-state index contributed by atoms with van der Waals surface area (Å²) in [6.07, 6.45) is 1.07. The van der Waals surface area contributed by atoms with E-state index in [1.165, 1.54) is 15.5 Å². The van der Waals surface area contributed by atoms with Crippen molar-refractivity contribution in [3.8, 4) is 0 Å². The van der Waals surface area contributed by atoms with Crippen LogP contribution in [-0.4, -0.2) is 67.3 Å². The second-order valence-electron chi connectivity index (χ2n) is 7.42. The minimum Gasteiger partial charge on any atom is -0.395 e. The second-order valence-corrected chi connectivity index (χ2v) is 8.50. The van der Waals surface area contributed by atoms with Gasteiger partial charge in [0.25, 0.3) is 0 Å². The summed E-state index contributed by atoms with van der Waals surface area (Å²) < 4.78 is 13.2.